The molecule has 0 aliphatic heterocycles. The van der Waals surface area contributed by atoms with Crippen molar-refractivity contribution in [2.24, 2.45) is 11.3 Å². The van der Waals surface area contributed by atoms with Gasteiger partial charge in [-0.1, -0.05) is 69.3 Å². The molecule has 3 aliphatic carbocycles. The van der Waals surface area contributed by atoms with Gasteiger partial charge in [0.2, 0.25) is 5.91 Å². The smallest absolute Gasteiger partial charge is 0.225 e. The Kier molecular flexibility index (Phi) is 3.94. The van der Waals surface area contributed by atoms with Crippen LogP contribution in [0.1, 0.15) is 67.7 Å². The highest BCUT2D eigenvalue weighted by Gasteiger charge is 2.43. The fourth-order valence-electron chi connectivity index (χ4n) is 4.58. The van der Waals surface area contributed by atoms with E-state index in [1.165, 1.54) is 22.3 Å². The van der Waals surface area contributed by atoms with E-state index in [9.17, 15) is 4.79 Å². The van der Waals surface area contributed by atoms with Gasteiger partial charge in [-0.3, -0.25) is 4.79 Å². The average molecular weight is 333 g/mol. The van der Waals surface area contributed by atoms with Crippen LogP contribution in [0.4, 0.5) is 0 Å². The van der Waals surface area contributed by atoms with Crippen molar-refractivity contribution in [3.63, 3.8) is 0 Å². The number of nitrogens with one attached hydrogen (secondary N) is 1. The van der Waals surface area contributed by atoms with Crippen molar-refractivity contribution < 1.29 is 4.79 Å². The minimum atomic E-state index is -0.288. The van der Waals surface area contributed by atoms with Crippen molar-refractivity contribution in [1.29, 1.82) is 0 Å². The molecule has 130 valence electrons. The van der Waals surface area contributed by atoms with Crippen LogP contribution in [-0.4, -0.2) is 12.5 Å². The van der Waals surface area contributed by atoms with Crippen molar-refractivity contribution in [3.8, 4) is 0 Å². The Labute approximate surface area is 150 Å². The average Bonchev–Trinajstić information content (AvgIpc) is 2.66. The summed E-state index contributed by atoms with van der Waals surface area (Å²) in [6.45, 7) is 6.90. The minimum absolute atomic E-state index is 0.179. The first-order valence-electron chi connectivity index (χ1n) is 9.49. The molecule has 0 radical (unpaired) electrons. The van der Waals surface area contributed by atoms with Gasteiger partial charge >= 0.3 is 0 Å². The third kappa shape index (κ3) is 2.59. The second kappa shape index (κ2) is 6.01. The lowest BCUT2D eigenvalue weighted by Crippen LogP contribution is -2.43. The Morgan fingerprint density at radius 1 is 1.00 bits per heavy atom. The highest BCUT2D eigenvalue weighted by atomic mass is 16.2. The van der Waals surface area contributed by atoms with E-state index in [1.54, 1.807) is 0 Å². The van der Waals surface area contributed by atoms with E-state index in [0.29, 0.717) is 17.8 Å². The molecule has 1 N–H and O–H groups in total. The molecule has 1 atom stereocenters. The van der Waals surface area contributed by atoms with Gasteiger partial charge in [0.05, 0.1) is 0 Å². The Morgan fingerprint density at radius 2 is 1.52 bits per heavy atom. The number of carbonyl (C=O) groups is 1. The van der Waals surface area contributed by atoms with Gasteiger partial charge in [-0.2, -0.15) is 0 Å². The minimum Gasteiger partial charge on any atom is -0.355 e. The highest BCUT2D eigenvalue weighted by Crippen LogP contribution is 2.55. The van der Waals surface area contributed by atoms with Gasteiger partial charge in [0.15, 0.2) is 0 Å². The summed E-state index contributed by atoms with van der Waals surface area (Å²) < 4.78 is 0. The van der Waals surface area contributed by atoms with Gasteiger partial charge in [-0.15, -0.1) is 0 Å². The van der Waals surface area contributed by atoms with Crippen LogP contribution in [-0.2, 0) is 4.79 Å². The fraction of sp³-hybridized carbons (Fsp3) is 0.435. The van der Waals surface area contributed by atoms with Crippen LogP contribution in [0.25, 0.3) is 0 Å². The van der Waals surface area contributed by atoms with E-state index >= 15 is 0 Å². The van der Waals surface area contributed by atoms with Crippen LogP contribution in [0.3, 0.4) is 0 Å². The second-order valence-electron chi connectivity index (χ2n) is 8.23. The monoisotopic (exact) mass is 333 g/mol. The molecule has 5 rings (SSSR count). The molecule has 1 unspecified atom stereocenters. The zero-order valence-corrected chi connectivity index (χ0v) is 15.4. The number of benzene rings is 2. The summed E-state index contributed by atoms with van der Waals surface area (Å²) in [5, 5.41) is 3.25. The predicted molar refractivity (Wildman–Crippen MR) is 102 cm³/mol. The number of amides is 1. The van der Waals surface area contributed by atoms with Gasteiger partial charge in [-0.25, -0.2) is 0 Å². The lowest BCUT2D eigenvalue weighted by atomic mass is 9.59. The summed E-state index contributed by atoms with van der Waals surface area (Å²) in [7, 11) is 0. The SMILES string of the molecule is CCC(C)(C)C(=O)NCC1CC2c3ccccc3C1c1ccccc12. The van der Waals surface area contributed by atoms with E-state index in [-0.39, 0.29) is 11.3 Å². The molecule has 0 fully saturated rings. The summed E-state index contributed by atoms with van der Waals surface area (Å²) in [6.07, 6.45) is 1.99. The van der Waals surface area contributed by atoms with Crippen LogP contribution >= 0.6 is 0 Å². The van der Waals surface area contributed by atoms with Crippen LogP contribution < -0.4 is 5.32 Å². The molecule has 2 bridgehead atoms. The number of hydrogen-bond acceptors (Lipinski definition) is 1. The Morgan fingerprint density at radius 3 is 2.04 bits per heavy atom. The van der Waals surface area contributed by atoms with Crippen LogP contribution in [0, 0.1) is 11.3 Å². The van der Waals surface area contributed by atoms with Gasteiger partial charge in [0.1, 0.15) is 0 Å². The molecular formula is C23H27NO. The third-order valence-corrected chi connectivity index (χ3v) is 6.45. The zero-order chi connectivity index (χ0) is 17.6. The second-order valence-corrected chi connectivity index (χ2v) is 8.23. The number of carbonyl (C=O) groups excluding carboxylic acids is 1. The van der Waals surface area contributed by atoms with Crippen molar-refractivity contribution in [2.75, 3.05) is 6.54 Å². The molecule has 2 aromatic carbocycles. The first-order chi connectivity index (χ1) is 12.0. The molecule has 0 saturated carbocycles. The molecule has 25 heavy (non-hydrogen) atoms. The molecule has 2 aromatic rings. The normalized spacial score (nSPS) is 23.7. The third-order valence-electron chi connectivity index (χ3n) is 6.45. The first-order valence-corrected chi connectivity index (χ1v) is 9.49. The molecule has 0 saturated heterocycles. The van der Waals surface area contributed by atoms with Crippen LogP contribution in [0.2, 0.25) is 0 Å². The number of hydrogen-bond donors (Lipinski definition) is 1. The van der Waals surface area contributed by atoms with Crippen molar-refractivity contribution in [1.82, 2.24) is 5.32 Å². The Bertz CT molecular complexity index is 760. The van der Waals surface area contributed by atoms with Gasteiger partial charge in [0, 0.05) is 23.8 Å². The van der Waals surface area contributed by atoms with Gasteiger partial charge in [-0.05, 0) is 41.0 Å². The zero-order valence-electron chi connectivity index (χ0n) is 15.4. The highest BCUT2D eigenvalue weighted by molar-refractivity contribution is 5.81. The summed E-state index contributed by atoms with van der Waals surface area (Å²) in [6, 6.07) is 17.8. The molecule has 2 nitrogen and oxygen atoms in total. The van der Waals surface area contributed by atoms with Crippen molar-refractivity contribution in [2.45, 2.75) is 45.4 Å². The number of rotatable bonds is 4. The fourth-order valence-corrected chi connectivity index (χ4v) is 4.58. The maximum absolute atomic E-state index is 12.5. The van der Waals surface area contributed by atoms with E-state index in [1.807, 2.05) is 13.8 Å². The Balaban J connectivity index is 1.64. The van der Waals surface area contributed by atoms with Crippen molar-refractivity contribution in [3.05, 3.63) is 70.8 Å². The summed E-state index contributed by atoms with van der Waals surface area (Å²) in [5.41, 5.74) is 5.62. The molecule has 0 aromatic heterocycles. The van der Waals surface area contributed by atoms with Crippen molar-refractivity contribution >= 4 is 5.91 Å². The topological polar surface area (TPSA) is 29.1 Å². The van der Waals surface area contributed by atoms with E-state index < -0.39 is 0 Å². The van der Waals surface area contributed by atoms with E-state index in [2.05, 4.69) is 60.8 Å². The molecule has 2 heteroatoms. The summed E-state index contributed by atoms with van der Waals surface area (Å²) in [5.74, 6) is 1.53. The maximum atomic E-state index is 12.5. The Hall–Kier alpha value is -2.09. The molecule has 0 spiro atoms. The molecular weight excluding hydrogens is 306 g/mol. The lowest BCUT2D eigenvalue weighted by Gasteiger charge is -2.45. The first kappa shape index (κ1) is 16.4. The standard InChI is InChI=1S/C23H27NO/c1-4-23(2,3)22(25)24-14-15-13-20-16-9-5-7-11-18(16)21(15)19-12-8-6-10-17(19)20/h5-12,15,20-21H,4,13-14H2,1-3H3,(H,24,25). The van der Waals surface area contributed by atoms with Crippen LogP contribution in [0.15, 0.2) is 48.5 Å². The quantitative estimate of drug-likeness (QED) is 0.852. The lowest BCUT2D eigenvalue weighted by molar-refractivity contribution is -0.129. The van der Waals surface area contributed by atoms with E-state index in [0.717, 1.165) is 19.4 Å². The molecule has 0 heterocycles. The van der Waals surface area contributed by atoms with Gasteiger partial charge < -0.3 is 5.32 Å². The maximum Gasteiger partial charge on any atom is 0.225 e. The summed E-state index contributed by atoms with van der Waals surface area (Å²) in [4.78, 5) is 12.5. The summed E-state index contributed by atoms with van der Waals surface area (Å²) >= 11 is 0. The van der Waals surface area contributed by atoms with Gasteiger partial charge in [0.25, 0.3) is 0 Å². The largest absolute Gasteiger partial charge is 0.355 e. The number of fused-ring (bicyclic) bond motifs is 1. The van der Waals surface area contributed by atoms with E-state index in [4.69, 9.17) is 0 Å². The predicted octanol–water partition coefficient (Wildman–Crippen LogP) is 4.84. The molecule has 3 aliphatic rings. The molecule has 1 amide bonds. The van der Waals surface area contributed by atoms with Crippen LogP contribution in [0.5, 0.6) is 0 Å².